The molecule has 3 unspecified atom stereocenters. The molecule has 3 rings (SSSR count). The van der Waals surface area contributed by atoms with E-state index in [2.05, 4.69) is 12.2 Å². The Morgan fingerprint density at radius 3 is 2.70 bits per heavy atom. The van der Waals surface area contributed by atoms with Gasteiger partial charge in [0.1, 0.15) is 6.17 Å². The van der Waals surface area contributed by atoms with Gasteiger partial charge >= 0.3 is 0 Å². The van der Waals surface area contributed by atoms with Crippen LogP contribution in [0.1, 0.15) is 37.9 Å². The molecular formula is C15H18F2N2O. The van der Waals surface area contributed by atoms with E-state index in [4.69, 9.17) is 0 Å². The van der Waals surface area contributed by atoms with Crippen LogP contribution in [0.2, 0.25) is 0 Å². The minimum atomic E-state index is -0.872. The van der Waals surface area contributed by atoms with Crippen molar-refractivity contribution in [1.29, 1.82) is 0 Å². The fourth-order valence-electron chi connectivity index (χ4n) is 3.39. The van der Waals surface area contributed by atoms with Crippen molar-refractivity contribution in [2.24, 2.45) is 5.92 Å². The van der Waals surface area contributed by atoms with Gasteiger partial charge in [-0.1, -0.05) is 19.4 Å². The second kappa shape index (κ2) is 5.13. The number of amides is 1. The van der Waals surface area contributed by atoms with E-state index in [9.17, 15) is 13.6 Å². The van der Waals surface area contributed by atoms with Crippen LogP contribution in [0.25, 0.3) is 0 Å². The lowest BCUT2D eigenvalue weighted by Crippen LogP contribution is -2.41. The van der Waals surface area contributed by atoms with E-state index in [1.165, 1.54) is 6.07 Å². The average molecular weight is 280 g/mol. The van der Waals surface area contributed by atoms with Crippen molar-refractivity contribution in [2.45, 2.75) is 38.4 Å². The second-order valence-electron chi connectivity index (χ2n) is 5.73. The molecule has 1 aliphatic heterocycles. The monoisotopic (exact) mass is 280 g/mol. The molecule has 1 saturated heterocycles. The lowest BCUT2D eigenvalue weighted by atomic mass is 10.0. The predicted octanol–water partition coefficient (Wildman–Crippen LogP) is 2.58. The lowest BCUT2D eigenvalue weighted by Gasteiger charge is -2.33. The fourth-order valence-corrected chi connectivity index (χ4v) is 3.39. The number of nitrogens with one attached hydrogen (secondary N) is 1. The maximum absolute atomic E-state index is 13.4. The number of carbonyl (C=O) groups is 1. The molecule has 0 radical (unpaired) electrons. The summed E-state index contributed by atoms with van der Waals surface area (Å²) in [6.45, 7) is 2.40. The molecule has 0 bridgehead atoms. The van der Waals surface area contributed by atoms with Gasteiger partial charge in [-0.15, -0.1) is 0 Å². The van der Waals surface area contributed by atoms with Crippen LogP contribution in [-0.2, 0) is 4.79 Å². The third-order valence-electron chi connectivity index (χ3n) is 4.45. The number of nitrogens with zero attached hydrogens (tertiary/aromatic N) is 1. The van der Waals surface area contributed by atoms with Crippen LogP contribution in [0, 0.1) is 17.6 Å². The zero-order chi connectivity index (χ0) is 14.3. The van der Waals surface area contributed by atoms with Gasteiger partial charge < -0.3 is 4.90 Å². The summed E-state index contributed by atoms with van der Waals surface area (Å²) >= 11 is 0. The van der Waals surface area contributed by atoms with E-state index in [-0.39, 0.29) is 24.7 Å². The first-order valence-electron chi connectivity index (χ1n) is 7.07. The van der Waals surface area contributed by atoms with E-state index in [0.717, 1.165) is 25.3 Å². The highest BCUT2D eigenvalue weighted by Gasteiger charge is 2.40. The Morgan fingerprint density at radius 2 is 2.05 bits per heavy atom. The average Bonchev–Trinajstić information content (AvgIpc) is 2.99. The van der Waals surface area contributed by atoms with Gasteiger partial charge in [-0.3, -0.25) is 10.1 Å². The van der Waals surface area contributed by atoms with Crippen molar-refractivity contribution in [1.82, 2.24) is 10.2 Å². The molecule has 1 N–H and O–H groups in total. The van der Waals surface area contributed by atoms with Crippen LogP contribution in [0.15, 0.2) is 18.2 Å². The Bertz CT molecular complexity index is 535. The maximum atomic E-state index is 13.4. The van der Waals surface area contributed by atoms with Gasteiger partial charge in [0.25, 0.3) is 0 Å². The third kappa shape index (κ3) is 2.20. The molecule has 1 heterocycles. The predicted molar refractivity (Wildman–Crippen MR) is 70.8 cm³/mol. The normalized spacial score (nSPS) is 30.2. The molecule has 1 amide bonds. The molecule has 1 saturated carbocycles. The van der Waals surface area contributed by atoms with Crippen LogP contribution >= 0.6 is 0 Å². The Labute approximate surface area is 117 Å². The van der Waals surface area contributed by atoms with Gasteiger partial charge in [-0.05, 0) is 36.5 Å². The van der Waals surface area contributed by atoms with Crippen LogP contribution < -0.4 is 5.32 Å². The molecule has 1 aliphatic carbocycles. The van der Waals surface area contributed by atoms with E-state index < -0.39 is 11.6 Å². The number of hydrogen-bond donors (Lipinski definition) is 1. The van der Waals surface area contributed by atoms with Crippen molar-refractivity contribution >= 4 is 5.91 Å². The fraction of sp³-hybridized carbons (Fsp3) is 0.533. The Hall–Kier alpha value is -1.49. The summed E-state index contributed by atoms with van der Waals surface area (Å²) in [6.07, 6.45) is 2.86. The third-order valence-corrected chi connectivity index (χ3v) is 4.45. The molecule has 2 aliphatic rings. The van der Waals surface area contributed by atoms with Crippen LogP contribution in [-0.4, -0.2) is 23.4 Å². The zero-order valence-electron chi connectivity index (χ0n) is 11.4. The minimum absolute atomic E-state index is 0.0403. The molecule has 0 spiro atoms. The molecule has 1 aromatic carbocycles. The Balaban J connectivity index is 1.91. The smallest absolute Gasteiger partial charge is 0.238 e. The summed E-state index contributed by atoms with van der Waals surface area (Å²) in [5.41, 5.74) is 0.605. The van der Waals surface area contributed by atoms with Gasteiger partial charge in [-0.2, -0.15) is 0 Å². The van der Waals surface area contributed by atoms with Crippen LogP contribution in [0.5, 0.6) is 0 Å². The molecule has 1 aromatic rings. The summed E-state index contributed by atoms with van der Waals surface area (Å²) in [7, 11) is 0. The molecular weight excluding hydrogens is 262 g/mol. The zero-order valence-corrected chi connectivity index (χ0v) is 11.4. The summed E-state index contributed by atoms with van der Waals surface area (Å²) in [4.78, 5) is 14.0. The molecule has 2 fully saturated rings. The van der Waals surface area contributed by atoms with E-state index in [0.29, 0.717) is 11.5 Å². The Morgan fingerprint density at radius 1 is 1.25 bits per heavy atom. The van der Waals surface area contributed by atoms with Crippen molar-refractivity contribution < 1.29 is 13.6 Å². The molecule has 5 heteroatoms. The molecule has 20 heavy (non-hydrogen) atoms. The molecule has 0 aromatic heterocycles. The topological polar surface area (TPSA) is 32.3 Å². The number of carbonyl (C=O) groups excluding carboxylic acids is 1. The lowest BCUT2D eigenvalue weighted by molar-refractivity contribution is -0.131. The van der Waals surface area contributed by atoms with Gasteiger partial charge in [-0.25, -0.2) is 8.78 Å². The number of hydrogen-bond acceptors (Lipinski definition) is 2. The Kier molecular flexibility index (Phi) is 3.46. The number of benzene rings is 1. The highest BCUT2D eigenvalue weighted by molar-refractivity contribution is 5.81. The molecule has 3 atom stereocenters. The highest BCUT2D eigenvalue weighted by atomic mass is 19.2. The maximum Gasteiger partial charge on any atom is 0.238 e. The van der Waals surface area contributed by atoms with Crippen molar-refractivity contribution in [3.8, 4) is 0 Å². The quantitative estimate of drug-likeness (QED) is 0.903. The number of halogens is 2. The SMILES string of the molecule is CC1CCCC1N1C(=O)CNC1c1ccc(F)c(F)c1. The summed E-state index contributed by atoms with van der Waals surface area (Å²) in [6, 6.07) is 4.03. The molecule has 108 valence electrons. The van der Waals surface area contributed by atoms with E-state index in [1.54, 1.807) is 6.07 Å². The van der Waals surface area contributed by atoms with Gasteiger partial charge in [0.15, 0.2) is 11.6 Å². The minimum Gasteiger partial charge on any atom is -0.319 e. The van der Waals surface area contributed by atoms with Crippen molar-refractivity contribution in [3.05, 3.63) is 35.4 Å². The van der Waals surface area contributed by atoms with Crippen LogP contribution in [0.4, 0.5) is 8.78 Å². The first kappa shape index (κ1) is 13.5. The first-order chi connectivity index (χ1) is 9.58. The standard InChI is InChI=1S/C15H18F2N2O/c1-9-3-2-4-13(9)19-14(20)8-18-15(19)10-5-6-11(16)12(17)7-10/h5-7,9,13,15,18H,2-4,8H2,1H3. The summed E-state index contributed by atoms with van der Waals surface area (Å²) < 4.78 is 26.5. The largest absolute Gasteiger partial charge is 0.319 e. The highest BCUT2D eigenvalue weighted by Crippen LogP contribution is 2.36. The van der Waals surface area contributed by atoms with Crippen molar-refractivity contribution in [2.75, 3.05) is 6.54 Å². The van der Waals surface area contributed by atoms with E-state index in [1.807, 2.05) is 4.90 Å². The van der Waals surface area contributed by atoms with Crippen molar-refractivity contribution in [3.63, 3.8) is 0 Å². The molecule has 3 nitrogen and oxygen atoms in total. The summed E-state index contributed by atoms with van der Waals surface area (Å²) in [5.74, 6) is -1.24. The summed E-state index contributed by atoms with van der Waals surface area (Å²) in [5, 5.41) is 3.10. The van der Waals surface area contributed by atoms with E-state index >= 15 is 0 Å². The first-order valence-corrected chi connectivity index (χ1v) is 7.07. The van der Waals surface area contributed by atoms with Gasteiger partial charge in [0.2, 0.25) is 5.91 Å². The second-order valence-corrected chi connectivity index (χ2v) is 5.73. The number of rotatable bonds is 2. The van der Waals surface area contributed by atoms with Crippen LogP contribution in [0.3, 0.4) is 0 Å². The van der Waals surface area contributed by atoms with Gasteiger partial charge in [0, 0.05) is 6.04 Å². The van der Waals surface area contributed by atoms with Gasteiger partial charge in [0.05, 0.1) is 6.54 Å².